The Bertz CT molecular complexity index is 224. The van der Waals surface area contributed by atoms with Gasteiger partial charge in [0, 0.05) is 12.6 Å². The summed E-state index contributed by atoms with van der Waals surface area (Å²) in [5.74, 6) is 0.226. The van der Waals surface area contributed by atoms with Gasteiger partial charge in [0.1, 0.15) is 0 Å². The molecule has 15 heavy (non-hydrogen) atoms. The minimum atomic E-state index is -0.0296. The van der Waals surface area contributed by atoms with Crippen molar-refractivity contribution < 1.29 is 4.79 Å². The molecule has 0 aromatic carbocycles. The summed E-state index contributed by atoms with van der Waals surface area (Å²) < 4.78 is 0. The number of carbonyl (C=O) groups excluding carboxylic acids is 1. The van der Waals surface area contributed by atoms with Gasteiger partial charge in [0.15, 0.2) is 0 Å². The molecule has 0 saturated heterocycles. The quantitative estimate of drug-likeness (QED) is 0.557. The van der Waals surface area contributed by atoms with E-state index in [-0.39, 0.29) is 10.7 Å². The lowest BCUT2D eigenvalue weighted by Crippen LogP contribution is -2.42. The van der Waals surface area contributed by atoms with Crippen LogP contribution in [0.25, 0.3) is 0 Å². The third kappa shape index (κ3) is 3.33. The maximum atomic E-state index is 12.1. The predicted molar refractivity (Wildman–Crippen MR) is 67.2 cm³/mol. The van der Waals surface area contributed by atoms with Crippen LogP contribution in [0.3, 0.4) is 0 Å². The number of hydrogen-bond acceptors (Lipinski definition) is 1. The molecule has 0 aliphatic heterocycles. The van der Waals surface area contributed by atoms with Gasteiger partial charge in [0.25, 0.3) is 0 Å². The molecular formula is C12H20BrNO. The molecule has 2 nitrogen and oxygen atoms in total. The Hall–Kier alpha value is -0.310. The Kier molecular flexibility index (Phi) is 5.37. The molecule has 1 fully saturated rings. The Morgan fingerprint density at radius 3 is 2.67 bits per heavy atom. The highest BCUT2D eigenvalue weighted by molar-refractivity contribution is 9.10. The number of rotatable bonds is 5. The number of alkyl halides is 1. The van der Waals surface area contributed by atoms with Crippen LogP contribution in [0.1, 0.15) is 39.0 Å². The molecule has 1 rings (SSSR count). The zero-order valence-electron chi connectivity index (χ0n) is 9.42. The van der Waals surface area contributed by atoms with Crippen molar-refractivity contribution in [3.63, 3.8) is 0 Å². The van der Waals surface area contributed by atoms with Crippen LogP contribution in [-0.4, -0.2) is 28.2 Å². The molecule has 0 N–H and O–H groups in total. The second kappa shape index (κ2) is 6.31. The normalized spacial score (nSPS) is 18.8. The van der Waals surface area contributed by atoms with E-state index in [9.17, 15) is 4.79 Å². The van der Waals surface area contributed by atoms with Crippen LogP contribution in [0.4, 0.5) is 0 Å². The highest BCUT2D eigenvalue weighted by atomic mass is 79.9. The second-order valence-electron chi connectivity index (χ2n) is 4.09. The van der Waals surface area contributed by atoms with Crippen LogP contribution in [0.5, 0.6) is 0 Å². The first-order valence-corrected chi connectivity index (χ1v) is 6.67. The smallest absolute Gasteiger partial charge is 0.236 e. The van der Waals surface area contributed by atoms with Crippen LogP contribution in [0.15, 0.2) is 12.7 Å². The van der Waals surface area contributed by atoms with E-state index in [0.29, 0.717) is 12.6 Å². The summed E-state index contributed by atoms with van der Waals surface area (Å²) in [5.41, 5.74) is 0. The van der Waals surface area contributed by atoms with E-state index < -0.39 is 0 Å². The summed E-state index contributed by atoms with van der Waals surface area (Å²) in [6.07, 6.45) is 7.49. The van der Waals surface area contributed by atoms with Crippen molar-refractivity contribution in [3.05, 3.63) is 12.7 Å². The van der Waals surface area contributed by atoms with Crippen molar-refractivity contribution in [1.29, 1.82) is 0 Å². The van der Waals surface area contributed by atoms with E-state index >= 15 is 0 Å². The fourth-order valence-electron chi connectivity index (χ4n) is 2.13. The lowest BCUT2D eigenvalue weighted by Gasteiger charge is -2.29. The van der Waals surface area contributed by atoms with Gasteiger partial charge in [-0.1, -0.05) is 41.8 Å². The topological polar surface area (TPSA) is 20.3 Å². The Labute approximate surface area is 101 Å². The summed E-state index contributed by atoms with van der Waals surface area (Å²) in [4.78, 5) is 14.0. The molecule has 0 spiro atoms. The molecule has 0 radical (unpaired) electrons. The third-order valence-corrected chi connectivity index (χ3v) is 4.04. The average Bonchev–Trinajstić information content (AvgIpc) is 2.77. The maximum Gasteiger partial charge on any atom is 0.236 e. The first-order chi connectivity index (χ1) is 7.20. The highest BCUT2D eigenvalue weighted by Gasteiger charge is 2.28. The molecular weight excluding hydrogens is 254 g/mol. The number of hydrogen-bond donors (Lipinski definition) is 0. The predicted octanol–water partition coefficient (Wildman–Crippen LogP) is 3.12. The van der Waals surface area contributed by atoms with Crippen molar-refractivity contribution >= 4 is 21.8 Å². The van der Waals surface area contributed by atoms with Crippen molar-refractivity contribution in [1.82, 2.24) is 4.90 Å². The van der Waals surface area contributed by atoms with Gasteiger partial charge in [0.05, 0.1) is 4.83 Å². The Balaban J connectivity index is 2.62. The molecule has 86 valence electrons. The first kappa shape index (κ1) is 12.8. The average molecular weight is 274 g/mol. The number of halogens is 1. The minimum absolute atomic E-state index is 0.0296. The molecule has 3 heteroatoms. The SMILES string of the molecule is C=CCN(C(=O)C(Br)CC)C1CCCC1. The molecule has 1 unspecified atom stereocenters. The van der Waals surface area contributed by atoms with Crippen LogP contribution >= 0.6 is 15.9 Å². The van der Waals surface area contributed by atoms with Gasteiger partial charge in [-0.15, -0.1) is 6.58 Å². The summed E-state index contributed by atoms with van der Waals surface area (Å²) >= 11 is 3.43. The van der Waals surface area contributed by atoms with E-state index in [2.05, 4.69) is 22.5 Å². The van der Waals surface area contributed by atoms with Crippen LogP contribution in [0.2, 0.25) is 0 Å². The molecule has 1 amide bonds. The van der Waals surface area contributed by atoms with E-state index in [1.54, 1.807) is 0 Å². The largest absolute Gasteiger partial charge is 0.335 e. The van der Waals surface area contributed by atoms with Crippen LogP contribution in [-0.2, 0) is 4.79 Å². The van der Waals surface area contributed by atoms with Gasteiger partial charge in [-0.25, -0.2) is 0 Å². The van der Waals surface area contributed by atoms with Gasteiger partial charge in [-0.2, -0.15) is 0 Å². The third-order valence-electron chi connectivity index (χ3n) is 3.00. The first-order valence-electron chi connectivity index (χ1n) is 5.76. The molecule has 0 heterocycles. The summed E-state index contributed by atoms with van der Waals surface area (Å²) in [7, 11) is 0. The van der Waals surface area contributed by atoms with Crippen molar-refractivity contribution in [2.45, 2.75) is 49.9 Å². The van der Waals surface area contributed by atoms with Gasteiger partial charge in [0.2, 0.25) is 5.91 Å². The monoisotopic (exact) mass is 273 g/mol. The standard InChI is InChI=1S/C12H20BrNO/c1-3-9-14(10-7-5-6-8-10)12(15)11(13)4-2/h3,10-11H,1,4-9H2,2H3. The fraction of sp³-hybridized carbons (Fsp3) is 0.750. The van der Waals surface area contributed by atoms with E-state index in [0.717, 1.165) is 19.3 Å². The minimum Gasteiger partial charge on any atom is -0.335 e. The van der Waals surface area contributed by atoms with E-state index in [4.69, 9.17) is 0 Å². The number of amides is 1. The molecule has 0 aromatic heterocycles. The second-order valence-corrected chi connectivity index (χ2v) is 5.20. The van der Waals surface area contributed by atoms with Crippen molar-refractivity contribution in [2.24, 2.45) is 0 Å². The Morgan fingerprint density at radius 2 is 2.20 bits per heavy atom. The van der Waals surface area contributed by atoms with Gasteiger partial charge >= 0.3 is 0 Å². The Morgan fingerprint density at radius 1 is 1.60 bits per heavy atom. The fourth-order valence-corrected chi connectivity index (χ4v) is 2.39. The van der Waals surface area contributed by atoms with Crippen LogP contribution < -0.4 is 0 Å². The molecule has 1 atom stereocenters. The highest BCUT2D eigenvalue weighted by Crippen LogP contribution is 2.25. The molecule has 0 aromatic rings. The molecule has 0 bridgehead atoms. The maximum absolute atomic E-state index is 12.1. The lowest BCUT2D eigenvalue weighted by atomic mass is 10.2. The van der Waals surface area contributed by atoms with Crippen molar-refractivity contribution in [3.8, 4) is 0 Å². The molecule has 1 aliphatic carbocycles. The lowest BCUT2D eigenvalue weighted by molar-refractivity contribution is -0.132. The van der Waals surface area contributed by atoms with Crippen molar-refractivity contribution in [2.75, 3.05) is 6.54 Å². The van der Waals surface area contributed by atoms with Gasteiger partial charge in [-0.05, 0) is 19.3 Å². The van der Waals surface area contributed by atoms with E-state index in [1.165, 1.54) is 12.8 Å². The number of nitrogens with zero attached hydrogens (tertiary/aromatic N) is 1. The van der Waals surface area contributed by atoms with E-state index in [1.807, 2.05) is 17.9 Å². The molecule has 1 aliphatic rings. The van der Waals surface area contributed by atoms with Gasteiger partial charge in [-0.3, -0.25) is 4.79 Å². The zero-order valence-corrected chi connectivity index (χ0v) is 11.0. The van der Waals surface area contributed by atoms with Gasteiger partial charge < -0.3 is 4.90 Å². The molecule has 1 saturated carbocycles. The summed E-state index contributed by atoms with van der Waals surface area (Å²) in [5, 5.41) is 0. The summed E-state index contributed by atoms with van der Waals surface area (Å²) in [6, 6.07) is 0.446. The zero-order chi connectivity index (χ0) is 11.3. The number of carbonyl (C=O) groups is 1. The summed E-state index contributed by atoms with van der Waals surface area (Å²) in [6.45, 7) is 6.44. The van der Waals surface area contributed by atoms with Crippen LogP contribution in [0, 0.1) is 0 Å².